The number of H-pyrrole nitrogens is 1. The largest absolute Gasteiger partial charge is 0.380 e. The highest BCUT2D eigenvalue weighted by Gasteiger charge is 2.23. The molecule has 3 heterocycles. The Labute approximate surface area is 135 Å². The third-order valence-corrected chi connectivity index (χ3v) is 4.68. The molecule has 1 unspecified atom stereocenters. The molecule has 0 saturated carbocycles. The van der Waals surface area contributed by atoms with Gasteiger partial charge in [-0.25, -0.2) is 0 Å². The van der Waals surface area contributed by atoms with Crippen molar-refractivity contribution in [1.29, 1.82) is 0 Å². The zero-order valence-corrected chi connectivity index (χ0v) is 13.4. The number of aryl methyl sites for hydroxylation is 1. The minimum absolute atomic E-state index is 0.317. The quantitative estimate of drug-likeness (QED) is 0.807. The van der Waals surface area contributed by atoms with E-state index in [0.717, 1.165) is 36.3 Å². The van der Waals surface area contributed by atoms with Gasteiger partial charge in [0.25, 0.3) is 0 Å². The lowest BCUT2D eigenvalue weighted by atomic mass is 10.0. The number of hydrogen-bond donors (Lipinski definition) is 1. The minimum Gasteiger partial charge on any atom is -0.380 e. The van der Waals surface area contributed by atoms with Gasteiger partial charge in [-0.1, -0.05) is 6.07 Å². The van der Waals surface area contributed by atoms with Crippen molar-refractivity contribution < 1.29 is 4.74 Å². The maximum Gasteiger partial charge on any atom is 0.0762 e. The Kier molecular flexibility index (Phi) is 3.50. The van der Waals surface area contributed by atoms with Crippen LogP contribution in [-0.4, -0.2) is 41.5 Å². The van der Waals surface area contributed by atoms with Crippen molar-refractivity contribution in [2.45, 2.75) is 19.4 Å². The summed E-state index contributed by atoms with van der Waals surface area (Å²) in [5.74, 6) is 0. The van der Waals surface area contributed by atoms with Crippen molar-refractivity contribution >= 4 is 16.6 Å². The second-order valence-electron chi connectivity index (χ2n) is 6.06. The van der Waals surface area contributed by atoms with Crippen LogP contribution >= 0.6 is 0 Å². The molecule has 5 nitrogen and oxygen atoms in total. The van der Waals surface area contributed by atoms with E-state index in [1.807, 2.05) is 19.3 Å². The van der Waals surface area contributed by atoms with E-state index in [9.17, 15) is 0 Å². The van der Waals surface area contributed by atoms with Crippen molar-refractivity contribution in [3.8, 4) is 11.1 Å². The van der Waals surface area contributed by atoms with E-state index in [1.165, 1.54) is 16.6 Å². The molecule has 1 aliphatic heterocycles. The second-order valence-corrected chi connectivity index (χ2v) is 6.06. The van der Waals surface area contributed by atoms with Crippen LogP contribution in [0.3, 0.4) is 0 Å². The highest BCUT2D eigenvalue weighted by atomic mass is 16.5. The number of pyridine rings is 1. The fourth-order valence-corrected chi connectivity index (χ4v) is 3.36. The molecule has 1 saturated heterocycles. The van der Waals surface area contributed by atoms with E-state index in [2.05, 4.69) is 44.3 Å². The van der Waals surface area contributed by atoms with Gasteiger partial charge in [-0.2, -0.15) is 5.10 Å². The van der Waals surface area contributed by atoms with Gasteiger partial charge in [-0.05, 0) is 37.1 Å². The van der Waals surface area contributed by atoms with Crippen molar-refractivity contribution in [3.05, 3.63) is 42.4 Å². The fraction of sp³-hybridized carbons (Fsp3) is 0.333. The first-order valence-electron chi connectivity index (χ1n) is 7.93. The summed E-state index contributed by atoms with van der Waals surface area (Å²) in [6.07, 6.45) is 5.16. The number of hydrogen-bond acceptors (Lipinski definition) is 4. The predicted octanol–water partition coefficient (Wildman–Crippen LogP) is 3.16. The first kappa shape index (κ1) is 14.2. The van der Waals surface area contributed by atoms with Gasteiger partial charge in [0.15, 0.2) is 0 Å². The number of fused-ring (bicyclic) bond motifs is 1. The van der Waals surface area contributed by atoms with Gasteiger partial charge in [0.2, 0.25) is 0 Å². The van der Waals surface area contributed by atoms with Crippen LogP contribution in [0, 0.1) is 6.92 Å². The maximum absolute atomic E-state index is 5.50. The maximum atomic E-state index is 5.50. The number of anilines is 1. The van der Waals surface area contributed by atoms with E-state index in [0.29, 0.717) is 6.10 Å². The van der Waals surface area contributed by atoms with Gasteiger partial charge in [0, 0.05) is 48.7 Å². The SMILES string of the molecule is COC1CCN(c2ccnc3ccc(-c4cn[nH]c4C)cc23)C1. The molecular formula is C18H20N4O. The highest BCUT2D eigenvalue weighted by Crippen LogP contribution is 2.32. The van der Waals surface area contributed by atoms with E-state index in [1.54, 1.807) is 7.11 Å². The summed E-state index contributed by atoms with van der Waals surface area (Å²) in [5, 5.41) is 8.32. The molecule has 0 bridgehead atoms. The summed E-state index contributed by atoms with van der Waals surface area (Å²) in [5.41, 5.74) is 5.64. The second kappa shape index (κ2) is 5.66. The lowest BCUT2D eigenvalue weighted by Gasteiger charge is -2.20. The summed E-state index contributed by atoms with van der Waals surface area (Å²) >= 11 is 0. The van der Waals surface area contributed by atoms with E-state index < -0.39 is 0 Å². The van der Waals surface area contributed by atoms with E-state index >= 15 is 0 Å². The number of aromatic nitrogens is 3. The Morgan fingerprint density at radius 1 is 1.30 bits per heavy atom. The smallest absolute Gasteiger partial charge is 0.0762 e. The summed E-state index contributed by atoms with van der Waals surface area (Å²) < 4.78 is 5.50. The highest BCUT2D eigenvalue weighted by molar-refractivity contribution is 5.95. The average Bonchev–Trinajstić information content (AvgIpc) is 3.22. The number of aromatic amines is 1. The first-order chi connectivity index (χ1) is 11.3. The van der Waals surface area contributed by atoms with Crippen LogP contribution < -0.4 is 4.90 Å². The Morgan fingerprint density at radius 2 is 2.22 bits per heavy atom. The number of ether oxygens (including phenoxy) is 1. The van der Waals surface area contributed by atoms with Crippen LogP contribution in [0.15, 0.2) is 36.7 Å². The predicted molar refractivity (Wildman–Crippen MR) is 91.7 cm³/mol. The third kappa shape index (κ3) is 2.47. The van der Waals surface area contributed by atoms with Crippen molar-refractivity contribution in [3.63, 3.8) is 0 Å². The van der Waals surface area contributed by atoms with Crippen molar-refractivity contribution in [2.24, 2.45) is 0 Å². The van der Waals surface area contributed by atoms with Gasteiger partial charge < -0.3 is 9.64 Å². The average molecular weight is 308 g/mol. The number of nitrogens with one attached hydrogen (secondary N) is 1. The van der Waals surface area contributed by atoms with Gasteiger partial charge in [-0.15, -0.1) is 0 Å². The number of rotatable bonds is 3. The topological polar surface area (TPSA) is 54.0 Å². The molecule has 1 fully saturated rings. The Morgan fingerprint density at radius 3 is 2.96 bits per heavy atom. The van der Waals surface area contributed by atoms with Crippen LogP contribution in [0.4, 0.5) is 5.69 Å². The number of methoxy groups -OCH3 is 1. The monoisotopic (exact) mass is 308 g/mol. The fourth-order valence-electron chi connectivity index (χ4n) is 3.36. The van der Waals surface area contributed by atoms with Crippen molar-refractivity contribution in [1.82, 2.24) is 15.2 Å². The molecule has 4 rings (SSSR count). The Balaban J connectivity index is 1.81. The van der Waals surface area contributed by atoms with Crippen LogP contribution in [0.25, 0.3) is 22.0 Å². The molecule has 3 aromatic rings. The molecule has 0 radical (unpaired) electrons. The normalized spacial score (nSPS) is 18.0. The van der Waals surface area contributed by atoms with Crippen molar-refractivity contribution in [2.75, 3.05) is 25.1 Å². The Bertz CT molecular complexity index is 842. The standard InChI is InChI=1S/C18H20N4O/c1-12-16(10-20-21-12)13-3-4-17-15(9-13)18(5-7-19-17)22-8-6-14(11-22)23-2/h3-5,7,9-10,14H,6,8,11H2,1-2H3,(H,20,21). The van der Waals surface area contributed by atoms with Gasteiger partial charge in [-0.3, -0.25) is 10.1 Å². The minimum atomic E-state index is 0.317. The number of benzene rings is 1. The molecule has 5 heteroatoms. The molecule has 1 aliphatic rings. The van der Waals surface area contributed by atoms with Crippen LogP contribution in [-0.2, 0) is 4.74 Å². The Hall–Kier alpha value is -2.40. The lowest BCUT2D eigenvalue weighted by Crippen LogP contribution is -2.22. The molecule has 2 aromatic heterocycles. The van der Waals surface area contributed by atoms with E-state index in [4.69, 9.17) is 4.74 Å². The third-order valence-electron chi connectivity index (χ3n) is 4.68. The molecule has 0 amide bonds. The van der Waals surface area contributed by atoms with Crippen LogP contribution in [0.5, 0.6) is 0 Å². The summed E-state index contributed by atoms with van der Waals surface area (Å²) in [4.78, 5) is 6.91. The zero-order chi connectivity index (χ0) is 15.8. The molecular weight excluding hydrogens is 288 g/mol. The van der Waals surface area contributed by atoms with E-state index in [-0.39, 0.29) is 0 Å². The first-order valence-corrected chi connectivity index (χ1v) is 7.93. The van der Waals surface area contributed by atoms with Gasteiger partial charge in [0.05, 0.1) is 17.8 Å². The molecule has 23 heavy (non-hydrogen) atoms. The molecule has 0 spiro atoms. The molecule has 0 aliphatic carbocycles. The lowest BCUT2D eigenvalue weighted by molar-refractivity contribution is 0.121. The summed E-state index contributed by atoms with van der Waals surface area (Å²) in [7, 11) is 1.79. The number of nitrogens with zero attached hydrogens (tertiary/aromatic N) is 3. The molecule has 1 N–H and O–H groups in total. The molecule has 118 valence electrons. The van der Waals surface area contributed by atoms with Gasteiger partial charge >= 0.3 is 0 Å². The van der Waals surface area contributed by atoms with Gasteiger partial charge in [0.1, 0.15) is 0 Å². The van der Waals surface area contributed by atoms with Crippen LogP contribution in [0.1, 0.15) is 12.1 Å². The zero-order valence-electron chi connectivity index (χ0n) is 13.4. The van der Waals surface area contributed by atoms with Crippen LogP contribution in [0.2, 0.25) is 0 Å². The molecule has 1 aromatic carbocycles. The summed E-state index contributed by atoms with van der Waals surface area (Å²) in [6.45, 7) is 4.00. The molecule has 1 atom stereocenters. The summed E-state index contributed by atoms with van der Waals surface area (Å²) in [6, 6.07) is 8.52.